The minimum atomic E-state index is -0.185. The van der Waals surface area contributed by atoms with Gasteiger partial charge in [-0.05, 0) is 42.5 Å². The molecular formula is C15H19N3OS. The van der Waals surface area contributed by atoms with Crippen LogP contribution in [0.2, 0.25) is 0 Å². The van der Waals surface area contributed by atoms with Gasteiger partial charge in [-0.15, -0.1) is 11.3 Å². The van der Waals surface area contributed by atoms with E-state index in [9.17, 15) is 4.79 Å². The lowest BCUT2D eigenvalue weighted by Crippen LogP contribution is -2.30. The number of urea groups is 1. The van der Waals surface area contributed by atoms with Gasteiger partial charge in [0.15, 0.2) is 0 Å². The van der Waals surface area contributed by atoms with Crippen LogP contribution in [0.25, 0.3) is 0 Å². The third-order valence-corrected chi connectivity index (χ3v) is 3.87. The summed E-state index contributed by atoms with van der Waals surface area (Å²) in [7, 11) is 0. The third-order valence-electron chi connectivity index (χ3n) is 2.93. The highest BCUT2D eigenvalue weighted by Gasteiger charge is 2.03. The fourth-order valence-electron chi connectivity index (χ4n) is 1.80. The quantitative estimate of drug-likeness (QED) is 0.791. The van der Waals surface area contributed by atoms with Crippen LogP contribution in [0, 0.1) is 0 Å². The Bertz CT molecular complexity index is 535. The topological polar surface area (TPSA) is 67.1 Å². The van der Waals surface area contributed by atoms with Gasteiger partial charge in [-0.2, -0.15) is 0 Å². The van der Waals surface area contributed by atoms with E-state index >= 15 is 0 Å². The van der Waals surface area contributed by atoms with Crippen molar-refractivity contribution in [3.63, 3.8) is 0 Å². The molecule has 1 unspecified atom stereocenters. The predicted octanol–water partition coefficient (Wildman–Crippen LogP) is 3.13. The normalized spacial score (nSPS) is 11.9. The fourth-order valence-corrected chi connectivity index (χ4v) is 2.51. The second-order valence-electron chi connectivity index (χ2n) is 4.62. The molecule has 2 rings (SSSR count). The van der Waals surface area contributed by atoms with Crippen LogP contribution in [-0.2, 0) is 6.42 Å². The summed E-state index contributed by atoms with van der Waals surface area (Å²) in [6.45, 7) is 2.56. The first-order valence-corrected chi connectivity index (χ1v) is 7.46. The van der Waals surface area contributed by atoms with Crippen LogP contribution in [0.3, 0.4) is 0 Å². The summed E-state index contributed by atoms with van der Waals surface area (Å²) < 4.78 is 0. The minimum absolute atomic E-state index is 0.00340. The molecule has 20 heavy (non-hydrogen) atoms. The largest absolute Gasteiger partial charge is 0.338 e. The number of thiophene rings is 1. The zero-order chi connectivity index (χ0) is 14.4. The Hall–Kier alpha value is -1.85. The van der Waals surface area contributed by atoms with Gasteiger partial charge in [0.2, 0.25) is 0 Å². The molecule has 2 aromatic rings. The van der Waals surface area contributed by atoms with Gasteiger partial charge in [0, 0.05) is 23.2 Å². The Kier molecular flexibility index (Phi) is 5.15. The molecule has 0 saturated carbocycles. The van der Waals surface area contributed by atoms with Gasteiger partial charge >= 0.3 is 6.03 Å². The molecule has 0 bridgehead atoms. The highest BCUT2D eigenvalue weighted by molar-refractivity contribution is 7.09. The first-order valence-electron chi connectivity index (χ1n) is 6.58. The number of amides is 2. The van der Waals surface area contributed by atoms with E-state index < -0.39 is 0 Å². The number of carbonyl (C=O) groups is 1. The molecule has 106 valence electrons. The standard InChI is InChI=1S/C15H19N3OS/c1-11(16)12-4-6-13(7-5-12)18-15(19)17-9-8-14-3-2-10-20-14/h2-7,10-11H,8-9,16H2,1H3,(H2,17,18,19). The van der Waals surface area contributed by atoms with Gasteiger partial charge in [0.1, 0.15) is 0 Å². The molecule has 0 aliphatic heterocycles. The van der Waals surface area contributed by atoms with Crippen molar-refractivity contribution in [3.8, 4) is 0 Å². The molecule has 1 atom stereocenters. The number of nitrogens with one attached hydrogen (secondary N) is 2. The summed E-state index contributed by atoms with van der Waals surface area (Å²) in [6, 6.07) is 11.5. The number of hydrogen-bond donors (Lipinski definition) is 3. The highest BCUT2D eigenvalue weighted by Crippen LogP contribution is 2.14. The molecule has 1 aromatic carbocycles. The van der Waals surface area contributed by atoms with E-state index in [1.807, 2.05) is 42.6 Å². The second kappa shape index (κ2) is 7.07. The van der Waals surface area contributed by atoms with Crippen LogP contribution >= 0.6 is 11.3 Å². The third kappa shape index (κ3) is 4.36. The van der Waals surface area contributed by atoms with E-state index in [-0.39, 0.29) is 12.1 Å². The molecule has 4 nitrogen and oxygen atoms in total. The van der Waals surface area contributed by atoms with E-state index in [0.717, 1.165) is 17.7 Å². The average molecular weight is 289 g/mol. The molecule has 2 amide bonds. The van der Waals surface area contributed by atoms with Crippen molar-refractivity contribution >= 4 is 23.1 Å². The van der Waals surface area contributed by atoms with Gasteiger partial charge in [-0.25, -0.2) is 4.79 Å². The molecule has 1 aromatic heterocycles. The molecule has 1 heterocycles. The summed E-state index contributed by atoms with van der Waals surface area (Å²) in [5.41, 5.74) is 7.59. The summed E-state index contributed by atoms with van der Waals surface area (Å²) in [5.74, 6) is 0. The fraction of sp³-hybridized carbons (Fsp3) is 0.267. The maximum Gasteiger partial charge on any atom is 0.319 e. The van der Waals surface area contributed by atoms with E-state index in [1.54, 1.807) is 11.3 Å². The SMILES string of the molecule is CC(N)c1ccc(NC(=O)NCCc2cccs2)cc1. The Morgan fingerprint density at radius 3 is 2.65 bits per heavy atom. The molecule has 5 heteroatoms. The van der Waals surface area contributed by atoms with Crippen LogP contribution in [0.4, 0.5) is 10.5 Å². The van der Waals surface area contributed by atoms with Crippen LogP contribution in [-0.4, -0.2) is 12.6 Å². The molecule has 0 aliphatic rings. The van der Waals surface area contributed by atoms with Gasteiger partial charge in [-0.3, -0.25) is 0 Å². The zero-order valence-corrected chi connectivity index (χ0v) is 12.2. The Morgan fingerprint density at radius 1 is 1.30 bits per heavy atom. The van der Waals surface area contributed by atoms with Crippen molar-refractivity contribution in [2.24, 2.45) is 5.73 Å². The van der Waals surface area contributed by atoms with Crippen molar-refractivity contribution in [1.29, 1.82) is 0 Å². The van der Waals surface area contributed by atoms with Crippen LogP contribution < -0.4 is 16.4 Å². The lowest BCUT2D eigenvalue weighted by Gasteiger charge is -2.09. The van der Waals surface area contributed by atoms with Crippen LogP contribution in [0.15, 0.2) is 41.8 Å². The Labute approximate surface area is 123 Å². The van der Waals surface area contributed by atoms with Crippen molar-refractivity contribution in [2.45, 2.75) is 19.4 Å². The zero-order valence-electron chi connectivity index (χ0n) is 11.4. The summed E-state index contributed by atoms with van der Waals surface area (Å²) in [6.07, 6.45) is 0.856. The van der Waals surface area contributed by atoms with Gasteiger partial charge in [0.25, 0.3) is 0 Å². The van der Waals surface area contributed by atoms with Crippen molar-refractivity contribution in [1.82, 2.24) is 5.32 Å². The number of carbonyl (C=O) groups excluding carboxylic acids is 1. The number of benzene rings is 1. The monoisotopic (exact) mass is 289 g/mol. The van der Waals surface area contributed by atoms with Gasteiger partial charge in [0.05, 0.1) is 0 Å². The van der Waals surface area contributed by atoms with Crippen molar-refractivity contribution in [3.05, 3.63) is 52.2 Å². The summed E-state index contributed by atoms with van der Waals surface area (Å²) in [4.78, 5) is 13.0. The molecule has 0 aliphatic carbocycles. The molecule has 0 fully saturated rings. The maximum atomic E-state index is 11.7. The maximum absolute atomic E-state index is 11.7. The summed E-state index contributed by atoms with van der Waals surface area (Å²) in [5, 5.41) is 7.68. The van der Waals surface area contributed by atoms with E-state index in [2.05, 4.69) is 16.7 Å². The highest BCUT2D eigenvalue weighted by atomic mass is 32.1. The molecule has 0 radical (unpaired) electrons. The second-order valence-corrected chi connectivity index (χ2v) is 5.65. The van der Waals surface area contributed by atoms with Crippen molar-refractivity contribution in [2.75, 3.05) is 11.9 Å². The Morgan fingerprint density at radius 2 is 2.05 bits per heavy atom. The van der Waals surface area contributed by atoms with E-state index in [1.165, 1.54) is 4.88 Å². The van der Waals surface area contributed by atoms with E-state index in [0.29, 0.717) is 6.54 Å². The number of hydrogen-bond acceptors (Lipinski definition) is 3. The lowest BCUT2D eigenvalue weighted by atomic mass is 10.1. The van der Waals surface area contributed by atoms with Crippen LogP contribution in [0.5, 0.6) is 0 Å². The van der Waals surface area contributed by atoms with Gasteiger partial charge < -0.3 is 16.4 Å². The molecule has 0 spiro atoms. The van der Waals surface area contributed by atoms with E-state index in [4.69, 9.17) is 5.73 Å². The summed E-state index contributed by atoms with van der Waals surface area (Å²) >= 11 is 1.70. The molecular weight excluding hydrogens is 270 g/mol. The first-order chi connectivity index (χ1) is 9.65. The number of nitrogens with two attached hydrogens (primary N) is 1. The smallest absolute Gasteiger partial charge is 0.319 e. The Balaban J connectivity index is 1.76. The lowest BCUT2D eigenvalue weighted by molar-refractivity contribution is 0.252. The van der Waals surface area contributed by atoms with Gasteiger partial charge in [-0.1, -0.05) is 18.2 Å². The number of rotatable bonds is 5. The average Bonchev–Trinajstić information content (AvgIpc) is 2.92. The number of anilines is 1. The first kappa shape index (κ1) is 14.6. The van der Waals surface area contributed by atoms with Crippen molar-refractivity contribution < 1.29 is 4.79 Å². The molecule has 0 saturated heterocycles. The predicted molar refractivity (Wildman–Crippen MR) is 84.1 cm³/mol. The van der Waals surface area contributed by atoms with Crippen LogP contribution in [0.1, 0.15) is 23.4 Å². The molecule has 4 N–H and O–H groups in total. The minimum Gasteiger partial charge on any atom is -0.338 e.